The number of hydrogen-bond acceptors (Lipinski definition) is 11. The predicted molar refractivity (Wildman–Crippen MR) is 96.4 cm³/mol. The van der Waals surface area contributed by atoms with Crippen molar-refractivity contribution in [1.82, 2.24) is 15.0 Å². The Bertz CT molecular complexity index is 1040. The first-order valence-corrected chi connectivity index (χ1v) is 8.61. The highest BCUT2D eigenvalue weighted by atomic mass is 16.6. The second kappa shape index (κ2) is 7.31. The lowest BCUT2D eigenvalue weighted by Gasteiger charge is -2.30. The van der Waals surface area contributed by atoms with Crippen molar-refractivity contribution >= 4 is 17.3 Å². The summed E-state index contributed by atoms with van der Waals surface area (Å²) in [5.74, 6) is -2.51. The molecule has 3 heterocycles. The zero-order chi connectivity index (χ0) is 20.5. The number of aliphatic imine (C=N–C) groups is 1. The molecule has 2 aliphatic rings. The number of Topliss-reactive ketones (excluding diaryl/α,β-unsaturated/α-hetero) is 1. The van der Waals surface area contributed by atoms with Crippen molar-refractivity contribution in [3.63, 3.8) is 0 Å². The molecule has 150 valence electrons. The van der Waals surface area contributed by atoms with Crippen LogP contribution in [-0.2, 0) is 9.53 Å². The summed E-state index contributed by atoms with van der Waals surface area (Å²) in [7, 11) is 0. The van der Waals surface area contributed by atoms with Crippen LogP contribution in [0.25, 0.3) is 11.5 Å². The standard InChI is InChI=1S/C17H15N5O7/c23-12-8-9(7-11(14(12)25)22(26)27)17-19-15(20-29-17)10-1-2-18-16(13(10)24)21-3-5-28-6-4-21/h1-2,7-8,10,23,25H,3-6H2. The van der Waals surface area contributed by atoms with E-state index in [4.69, 9.17) is 9.26 Å². The molecule has 12 heteroatoms. The van der Waals surface area contributed by atoms with E-state index in [1.807, 2.05) is 4.90 Å². The number of nitro groups is 1. The zero-order valence-electron chi connectivity index (χ0n) is 14.9. The number of aromatic hydroxyl groups is 2. The third-order valence-corrected chi connectivity index (χ3v) is 4.52. The number of rotatable bonds is 3. The van der Waals surface area contributed by atoms with Crippen LogP contribution in [0.15, 0.2) is 33.9 Å². The SMILES string of the molecule is O=C1C(N2CCOCC2)=NC=CC1c1noc(-c2cc(O)c(O)c([N+](=O)[O-])c2)n1. The number of morpholine rings is 1. The molecule has 1 atom stereocenters. The molecule has 0 bridgehead atoms. The number of carbonyl (C=O) groups is 1. The van der Waals surface area contributed by atoms with Crippen molar-refractivity contribution in [3.05, 3.63) is 40.3 Å². The van der Waals surface area contributed by atoms with Crippen LogP contribution in [-0.4, -0.2) is 68.1 Å². The van der Waals surface area contributed by atoms with Crippen LogP contribution in [0.1, 0.15) is 11.7 Å². The topological polar surface area (TPSA) is 164 Å². The van der Waals surface area contributed by atoms with Gasteiger partial charge in [-0.05, 0) is 12.1 Å². The van der Waals surface area contributed by atoms with Gasteiger partial charge in [0.2, 0.25) is 11.5 Å². The molecular formula is C17H15N5O7. The third kappa shape index (κ3) is 3.40. The fraction of sp³-hybridized carbons (Fsp3) is 0.294. The predicted octanol–water partition coefficient (Wildman–Crippen LogP) is 0.967. The van der Waals surface area contributed by atoms with E-state index < -0.39 is 28.0 Å². The number of allylic oxidation sites excluding steroid dienone is 1. The maximum atomic E-state index is 12.9. The molecule has 1 saturated heterocycles. The van der Waals surface area contributed by atoms with Crippen LogP contribution < -0.4 is 0 Å². The fourth-order valence-electron chi connectivity index (χ4n) is 3.05. The number of benzene rings is 1. The quantitative estimate of drug-likeness (QED) is 0.430. The minimum Gasteiger partial charge on any atom is -0.504 e. The maximum Gasteiger partial charge on any atom is 0.315 e. The van der Waals surface area contributed by atoms with Crippen molar-refractivity contribution in [3.8, 4) is 23.0 Å². The van der Waals surface area contributed by atoms with Crippen molar-refractivity contribution < 1.29 is 29.2 Å². The Labute approximate surface area is 162 Å². The summed E-state index contributed by atoms with van der Waals surface area (Å²) in [6, 6.07) is 2.05. The van der Waals surface area contributed by atoms with E-state index in [0.717, 1.165) is 12.1 Å². The number of nitro benzene ring substituents is 1. The van der Waals surface area contributed by atoms with Crippen LogP contribution in [0.4, 0.5) is 5.69 Å². The molecule has 0 saturated carbocycles. The molecule has 2 N–H and O–H groups in total. The van der Waals surface area contributed by atoms with Gasteiger partial charge in [0.15, 0.2) is 17.4 Å². The lowest BCUT2D eigenvalue weighted by molar-refractivity contribution is -0.385. The minimum absolute atomic E-state index is 0.0278. The molecule has 1 aromatic heterocycles. The largest absolute Gasteiger partial charge is 0.504 e. The average molecular weight is 401 g/mol. The van der Waals surface area contributed by atoms with Crippen LogP contribution in [0.5, 0.6) is 11.5 Å². The Hall–Kier alpha value is -3.80. The molecule has 12 nitrogen and oxygen atoms in total. The van der Waals surface area contributed by atoms with Gasteiger partial charge in [-0.2, -0.15) is 4.98 Å². The molecule has 1 fully saturated rings. The summed E-state index contributed by atoms with van der Waals surface area (Å²) in [5, 5.41) is 34.2. The van der Waals surface area contributed by atoms with Gasteiger partial charge in [0.05, 0.1) is 23.7 Å². The lowest BCUT2D eigenvalue weighted by Crippen LogP contribution is -2.46. The number of ketones is 1. The van der Waals surface area contributed by atoms with Crippen LogP contribution >= 0.6 is 0 Å². The summed E-state index contributed by atoms with van der Waals surface area (Å²) in [6.45, 7) is 2.07. The van der Waals surface area contributed by atoms with E-state index >= 15 is 0 Å². The van der Waals surface area contributed by atoms with E-state index in [-0.39, 0.29) is 28.9 Å². The van der Waals surface area contributed by atoms with Crippen LogP contribution in [0.2, 0.25) is 0 Å². The van der Waals surface area contributed by atoms with Gasteiger partial charge in [0.1, 0.15) is 5.92 Å². The summed E-state index contributed by atoms with van der Waals surface area (Å²) in [6.07, 6.45) is 3.02. The number of phenolic OH excluding ortho intramolecular Hbond substituents is 2. The lowest BCUT2D eigenvalue weighted by atomic mass is 9.99. The Balaban J connectivity index is 1.61. The molecule has 0 spiro atoms. The van der Waals surface area contributed by atoms with E-state index in [2.05, 4.69) is 15.1 Å². The highest BCUT2D eigenvalue weighted by Gasteiger charge is 2.33. The average Bonchev–Trinajstić information content (AvgIpc) is 3.20. The van der Waals surface area contributed by atoms with Gasteiger partial charge in [0.25, 0.3) is 5.89 Å². The molecule has 0 radical (unpaired) electrons. The number of hydrogen-bond donors (Lipinski definition) is 2. The molecular weight excluding hydrogens is 386 g/mol. The van der Waals surface area contributed by atoms with Gasteiger partial charge in [-0.25, -0.2) is 4.99 Å². The van der Waals surface area contributed by atoms with Gasteiger partial charge < -0.3 is 24.4 Å². The molecule has 1 aromatic carbocycles. The van der Waals surface area contributed by atoms with Crippen molar-refractivity contribution in [2.45, 2.75) is 5.92 Å². The summed E-state index contributed by atoms with van der Waals surface area (Å²) < 4.78 is 10.4. The summed E-state index contributed by atoms with van der Waals surface area (Å²) in [4.78, 5) is 33.2. The molecule has 0 aliphatic carbocycles. The molecule has 29 heavy (non-hydrogen) atoms. The van der Waals surface area contributed by atoms with Gasteiger partial charge in [-0.1, -0.05) is 5.16 Å². The van der Waals surface area contributed by atoms with Crippen molar-refractivity contribution in [1.29, 1.82) is 0 Å². The van der Waals surface area contributed by atoms with Crippen LogP contribution in [0, 0.1) is 10.1 Å². The van der Waals surface area contributed by atoms with E-state index in [0.29, 0.717) is 26.3 Å². The summed E-state index contributed by atoms with van der Waals surface area (Å²) >= 11 is 0. The minimum atomic E-state index is -0.866. The molecule has 2 aromatic rings. The molecule has 2 aliphatic heterocycles. The molecule has 0 amide bonds. The Morgan fingerprint density at radius 3 is 2.72 bits per heavy atom. The first-order chi connectivity index (χ1) is 14.0. The summed E-state index contributed by atoms with van der Waals surface area (Å²) in [5.41, 5.74) is -0.685. The number of carbonyl (C=O) groups excluding carboxylic acids is 1. The normalized spacial score (nSPS) is 19.3. The van der Waals surface area contributed by atoms with Crippen LogP contribution in [0.3, 0.4) is 0 Å². The number of amidine groups is 1. The van der Waals surface area contributed by atoms with Gasteiger partial charge in [0, 0.05) is 25.4 Å². The van der Waals surface area contributed by atoms with Crippen molar-refractivity contribution in [2.24, 2.45) is 4.99 Å². The second-order valence-electron chi connectivity index (χ2n) is 6.31. The second-order valence-corrected chi connectivity index (χ2v) is 6.31. The molecule has 4 rings (SSSR count). The van der Waals surface area contributed by atoms with Gasteiger partial charge >= 0.3 is 5.69 Å². The van der Waals surface area contributed by atoms with E-state index in [1.165, 1.54) is 12.3 Å². The third-order valence-electron chi connectivity index (χ3n) is 4.52. The Kier molecular flexibility index (Phi) is 4.68. The number of ether oxygens (including phenoxy) is 1. The van der Waals surface area contributed by atoms with E-state index in [9.17, 15) is 25.1 Å². The first kappa shape index (κ1) is 18.6. The number of aromatic nitrogens is 2. The first-order valence-electron chi connectivity index (χ1n) is 8.61. The highest BCUT2D eigenvalue weighted by Crippen LogP contribution is 2.39. The smallest absolute Gasteiger partial charge is 0.315 e. The van der Waals surface area contributed by atoms with Gasteiger partial charge in [-0.15, -0.1) is 0 Å². The zero-order valence-corrected chi connectivity index (χ0v) is 14.9. The number of nitrogens with zero attached hydrogens (tertiary/aromatic N) is 5. The van der Waals surface area contributed by atoms with Crippen molar-refractivity contribution in [2.75, 3.05) is 26.3 Å². The fourth-order valence-corrected chi connectivity index (χ4v) is 3.05. The van der Waals surface area contributed by atoms with Gasteiger partial charge in [-0.3, -0.25) is 14.9 Å². The van der Waals surface area contributed by atoms with E-state index in [1.54, 1.807) is 0 Å². The molecule has 1 unspecified atom stereocenters. The maximum absolute atomic E-state index is 12.9. The monoisotopic (exact) mass is 401 g/mol. The highest BCUT2D eigenvalue weighted by molar-refractivity contribution is 6.41. The number of phenols is 2. The Morgan fingerprint density at radius 1 is 1.24 bits per heavy atom. The Morgan fingerprint density at radius 2 is 2.00 bits per heavy atom.